The minimum atomic E-state index is 0.125. The summed E-state index contributed by atoms with van der Waals surface area (Å²) >= 11 is 0. The molecule has 4 nitrogen and oxygen atoms in total. The van der Waals surface area contributed by atoms with Crippen LogP contribution in [0.3, 0.4) is 0 Å². The molecule has 98 valence electrons. The van der Waals surface area contributed by atoms with Gasteiger partial charge in [-0.25, -0.2) is 0 Å². The van der Waals surface area contributed by atoms with Crippen LogP contribution in [0.5, 0.6) is 0 Å². The first-order valence-electron chi connectivity index (χ1n) is 6.74. The molecule has 0 radical (unpaired) electrons. The highest BCUT2D eigenvalue weighted by Gasteiger charge is 2.20. The number of piperazine rings is 1. The van der Waals surface area contributed by atoms with Gasteiger partial charge in [0.25, 0.3) is 0 Å². The molecule has 4 heteroatoms. The summed E-state index contributed by atoms with van der Waals surface area (Å²) in [7, 11) is 2.24. The highest BCUT2D eigenvalue weighted by atomic mass is 16.1. The molecule has 1 aromatic rings. The van der Waals surface area contributed by atoms with E-state index in [0.717, 1.165) is 12.2 Å². The Labute approximate surface area is 109 Å². The van der Waals surface area contributed by atoms with Crippen LogP contribution < -0.4 is 15.1 Å². The molecule has 3 N–H and O–H groups in total. The summed E-state index contributed by atoms with van der Waals surface area (Å²) in [5, 5.41) is 2.93. The molecule has 0 atom stereocenters. The van der Waals surface area contributed by atoms with E-state index in [-0.39, 0.29) is 5.91 Å². The van der Waals surface area contributed by atoms with Crippen LogP contribution in [-0.2, 0) is 4.79 Å². The van der Waals surface area contributed by atoms with Gasteiger partial charge >= 0.3 is 0 Å². The molecular weight excluding hydrogens is 226 g/mol. The second-order valence-corrected chi connectivity index (χ2v) is 5.12. The van der Waals surface area contributed by atoms with Crippen molar-refractivity contribution >= 4 is 11.6 Å². The number of carbonyl (C=O) groups is 1. The highest BCUT2D eigenvalue weighted by Crippen LogP contribution is 2.04. The zero-order chi connectivity index (χ0) is 12.8. The molecule has 0 aromatic heterocycles. The number of benzene rings is 1. The number of nitrogens with one attached hydrogen (secondary N) is 3. The van der Waals surface area contributed by atoms with Gasteiger partial charge in [-0.05, 0) is 12.1 Å². The molecule has 1 fully saturated rings. The molecule has 0 unspecified atom stereocenters. The fraction of sp³-hybridized carbons (Fsp3) is 0.500. The average Bonchev–Trinajstić information content (AvgIpc) is 2.39. The fourth-order valence-electron chi connectivity index (χ4n) is 2.32. The Kier molecular flexibility index (Phi) is 4.73. The molecule has 1 aliphatic rings. The molecule has 1 aliphatic heterocycles. The minimum absolute atomic E-state index is 0.125. The van der Waals surface area contributed by atoms with Crippen molar-refractivity contribution in [2.24, 2.45) is 0 Å². The standard InChI is InChI=1S/C14H21N3O/c1-16-9-11-17(12-10-16)8-7-14(18)15-13-5-3-2-4-6-13/h2-6H,7-12H2,1H3,(H,15,18)/p+2. The van der Waals surface area contributed by atoms with Gasteiger partial charge in [-0.15, -0.1) is 0 Å². The lowest BCUT2D eigenvalue weighted by Gasteiger charge is -2.27. The van der Waals surface area contributed by atoms with E-state index in [1.165, 1.54) is 26.2 Å². The SMILES string of the molecule is C[NH+]1CC[NH+](CCC(=O)Nc2ccccc2)CC1. The Hall–Kier alpha value is -1.39. The van der Waals surface area contributed by atoms with Gasteiger partial charge in [0.1, 0.15) is 26.2 Å². The first-order valence-corrected chi connectivity index (χ1v) is 6.74. The Balaban J connectivity index is 1.69. The number of amides is 1. The van der Waals surface area contributed by atoms with Crippen molar-refractivity contribution in [3.05, 3.63) is 30.3 Å². The lowest BCUT2D eigenvalue weighted by molar-refractivity contribution is -1.00. The van der Waals surface area contributed by atoms with Crippen molar-refractivity contribution in [2.75, 3.05) is 45.1 Å². The highest BCUT2D eigenvalue weighted by molar-refractivity contribution is 5.90. The zero-order valence-electron chi connectivity index (χ0n) is 11.0. The van der Waals surface area contributed by atoms with Gasteiger partial charge in [-0.1, -0.05) is 18.2 Å². The quantitative estimate of drug-likeness (QED) is 0.592. The first kappa shape index (κ1) is 13.1. The van der Waals surface area contributed by atoms with Crippen molar-refractivity contribution in [2.45, 2.75) is 6.42 Å². The topological polar surface area (TPSA) is 38.0 Å². The van der Waals surface area contributed by atoms with E-state index in [1.54, 1.807) is 9.80 Å². The smallest absolute Gasteiger partial charge is 0.230 e. The van der Waals surface area contributed by atoms with E-state index >= 15 is 0 Å². The van der Waals surface area contributed by atoms with Gasteiger partial charge in [-0.2, -0.15) is 0 Å². The molecule has 1 heterocycles. The maximum atomic E-state index is 11.8. The van der Waals surface area contributed by atoms with E-state index in [0.29, 0.717) is 6.42 Å². The molecular formula is C14H23N3O+2. The number of likely N-dealkylation sites (N-methyl/N-ethyl adjacent to an activating group) is 1. The molecule has 18 heavy (non-hydrogen) atoms. The molecule has 0 aliphatic carbocycles. The molecule has 1 aromatic carbocycles. The lowest BCUT2D eigenvalue weighted by atomic mass is 10.2. The summed E-state index contributed by atoms with van der Waals surface area (Å²) in [5.74, 6) is 0.125. The third-order valence-electron chi connectivity index (χ3n) is 3.57. The maximum absolute atomic E-state index is 11.8. The van der Waals surface area contributed by atoms with Gasteiger partial charge in [0.15, 0.2) is 0 Å². The Morgan fingerprint density at radius 2 is 1.83 bits per heavy atom. The van der Waals surface area contributed by atoms with Crippen LogP contribution in [0.1, 0.15) is 6.42 Å². The van der Waals surface area contributed by atoms with Crippen LogP contribution in [0.2, 0.25) is 0 Å². The zero-order valence-corrected chi connectivity index (χ0v) is 11.0. The minimum Gasteiger partial charge on any atom is -0.328 e. The molecule has 1 amide bonds. The van der Waals surface area contributed by atoms with Crippen molar-refractivity contribution in [3.63, 3.8) is 0 Å². The number of para-hydroxylation sites is 1. The predicted octanol–water partition coefficient (Wildman–Crippen LogP) is -1.57. The number of quaternary nitrogens is 2. The summed E-state index contributed by atoms with van der Waals surface area (Å²) < 4.78 is 0. The summed E-state index contributed by atoms with van der Waals surface area (Å²) in [6.45, 7) is 5.76. The third kappa shape index (κ3) is 4.13. The van der Waals surface area contributed by atoms with Crippen LogP contribution >= 0.6 is 0 Å². The van der Waals surface area contributed by atoms with Crippen LogP contribution in [0.4, 0.5) is 5.69 Å². The second kappa shape index (κ2) is 6.52. The van der Waals surface area contributed by atoms with Crippen molar-refractivity contribution in [1.82, 2.24) is 0 Å². The average molecular weight is 249 g/mol. The largest absolute Gasteiger partial charge is 0.328 e. The van der Waals surface area contributed by atoms with Gasteiger partial charge in [0, 0.05) is 5.69 Å². The predicted molar refractivity (Wildman–Crippen MR) is 71.9 cm³/mol. The van der Waals surface area contributed by atoms with Gasteiger partial charge in [-0.3, -0.25) is 4.79 Å². The van der Waals surface area contributed by atoms with Crippen molar-refractivity contribution in [1.29, 1.82) is 0 Å². The Morgan fingerprint density at radius 1 is 1.17 bits per heavy atom. The normalized spacial score (nSPS) is 23.6. The summed E-state index contributed by atoms with van der Waals surface area (Å²) in [5.41, 5.74) is 0.889. The summed E-state index contributed by atoms with van der Waals surface area (Å²) in [6, 6.07) is 9.66. The molecule has 0 saturated carbocycles. The number of hydrogen-bond donors (Lipinski definition) is 3. The number of rotatable bonds is 4. The van der Waals surface area contributed by atoms with Gasteiger partial charge in [0.2, 0.25) is 5.91 Å². The van der Waals surface area contributed by atoms with Crippen LogP contribution in [0, 0.1) is 0 Å². The first-order chi connectivity index (χ1) is 8.74. The van der Waals surface area contributed by atoms with Gasteiger partial charge < -0.3 is 15.1 Å². The van der Waals surface area contributed by atoms with Crippen LogP contribution in [-0.4, -0.2) is 45.7 Å². The summed E-state index contributed by atoms with van der Waals surface area (Å²) in [4.78, 5) is 15.0. The van der Waals surface area contributed by atoms with E-state index in [4.69, 9.17) is 0 Å². The number of hydrogen-bond acceptors (Lipinski definition) is 1. The van der Waals surface area contributed by atoms with E-state index in [2.05, 4.69) is 12.4 Å². The number of carbonyl (C=O) groups excluding carboxylic acids is 1. The molecule has 2 rings (SSSR count). The molecule has 0 bridgehead atoms. The second-order valence-electron chi connectivity index (χ2n) is 5.12. The Morgan fingerprint density at radius 3 is 2.50 bits per heavy atom. The van der Waals surface area contributed by atoms with Crippen LogP contribution in [0.15, 0.2) is 30.3 Å². The third-order valence-corrected chi connectivity index (χ3v) is 3.57. The van der Waals surface area contributed by atoms with Crippen molar-refractivity contribution in [3.8, 4) is 0 Å². The lowest BCUT2D eigenvalue weighted by Crippen LogP contribution is -3.27. The van der Waals surface area contributed by atoms with Gasteiger partial charge in [0.05, 0.1) is 20.0 Å². The fourth-order valence-corrected chi connectivity index (χ4v) is 2.32. The number of anilines is 1. The maximum Gasteiger partial charge on any atom is 0.230 e. The van der Waals surface area contributed by atoms with Crippen LogP contribution in [0.25, 0.3) is 0 Å². The van der Waals surface area contributed by atoms with Crippen molar-refractivity contribution < 1.29 is 14.6 Å². The van der Waals surface area contributed by atoms with E-state index < -0.39 is 0 Å². The summed E-state index contributed by atoms with van der Waals surface area (Å²) in [6.07, 6.45) is 0.614. The molecule has 0 spiro atoms. The Bertz CT molecular complexity index is 372. The van der Waals surface area contributed by atoms with E-state index in [9.17, 15) is 4.79 Å². The van der Waals surface area contributed by atoms with E-state index in [1.807, 2.05) is 30.3 Å². The monoisotopic (exact) mass is 249 g/mol. The molecule has 1 saturated heterocycles.